The maximum Gasteiger partial charge on any atom is 0.233 e. The third kappa shape index (κ3) is 3.32. The molecule has 1 amide bonds. The predicted molar refractivity (Wildman–Crippen MR) is 80.5 cm³/mol. The number of benzene rings is 1. The van der Waals surface area contributed by atoms with Crippen LogP contribution in [-0.4, -0.2) is 17.4 Å². The Morgan fingerprint density at radius 2 is 2.05 bits per heavy atom. The number of nitrogens with one attached hydrogen (secondary N) is 1. The summed E-state index contributed by atoms with van der Waals surface area (Å²) >= 11 is 0. The maximum absolute atomic E-state index is 12.4. The zero-order valence-electron chi connectivity index (χ0n) is 11.5. The minimum absolute atomic E-state index is 0.0625. The number of hydrogen-bond donors (Lipinski definition) is 1. The largest absolute Gasteiger partial charge is 0.352 e. The quantitative estimate of drug-likeness (QED) is 0.846. The van der Waals surface area contributed by atoms with E-state index in [1.165, 1.54) is 5.56 Å². The smallest absolute Gasteiger partial charge is 0.233 e. The molecular formula is C17H18N2O. The highest BCUT2D eigenvalue weighted by Crippen LogP contribution is 2.23. The summed E-state index contributed by atoms with van der Waals surface area (Å²) in [5, 5.41) is 2.85. The van der Waals surface area contributed by atoms with Crippen LogP contribution in [0.1, 0.15) is 22.7 Å². The van der Waals surface area contributed by atoms with Crippen molar-refractivity contribution in [1.82, 2.24) is 10.3 Å². The van der Waals surface area contributed by atoms with Crippen LogP contribution in [0.2, 0.25) is 0 Å². The zero-order valence-corrected chi connectivity index (χ0v) is 11.5. The second kappa shape index (κ2) is 6.66. The molecular weight excluding hydrogens is 248 g/mol. The van der Waals surface area contributed by atoms with Crippen molar-refractivity contribution in [3.05, 3.63) is 78.1 Å². The van der Waals surface area contributed by atoms with E-state index in [2.05, 4.69) is 16.9 Å². The molecule has 1 heterocycles. The number of hydrogen-bond acceptors (Lipinski definition) is 2. The lowest BCUT2D eigenvalue weighted by molar-refractivity contribution is -0.121. The van der Waals surface area contributed by atoms with E-state index < -0.39 is 5.92 Å². The van der Waals surface area contributed by atoms with Gasteiger partial charge in [0.2, 0.25) is 5.91 Å². The molecule has 0 bridgehead atoms. The SMILES string of the molecule is C=CCNC(=O)C(c1ccc(C)cc1)c1ccccn1. The first kappa shape index (κ1) is 14.0. The number of rotatable bonds is 5. The molecule has 1 aromatic heterocycles. The van der Waals surface area contributed by atoms with Gasteiger partial charge in [-0.1, -0.05) is 42.0 Å². The Morgan fingerprint density at radius 3 is 2.65 bits per heavy atom. The van der Waals surface area contributed by atoms with E-state index in [4.69, 9.17) is 0 Å². The van der Waals surface area contributed by atoms with Gasteiger partial charge in [-0.05, 0) is 24.6 Å². The molecule has 0 aliphatic heterocycles. The van der Waals surface area contributed by atoms with E-state index in [-0.39, 0.29) is 5.91 Å². The Morgan fingerprint density at radius 1 is 1.30 bits per heavy atom. The Hall–Kier alpha value is -2.42. The first-order chi connectivity index (χ1) is 9.72. The Labute approximate surface area is 119 Å². The molecule has 2 aromatic rings. The van der Waals surface area contributed by atoms with Crippen LogP contribution in [0.15, 0.2) is 61.3 Å². The van der Waals surface area contributed by atoms with Crippen molar-refractivity contribution >= 4 is 5.91 Å². The molecule has 1 unspecified atom stereocenters. The van der Waals surface area contributed by atoms with Gasteiger partial charge >= 0.3 is 0 Å². The number of aryl methyl sites for hydroxylation is 1. The molecule has 1 N–H and O–H groups in total. The third-order valence-electron chi connectivity index (χ3n) is 3.08. The van der Waals surface area contributed by atoms with Crippen molar-refractivity contribution in [2.75, 3.05) is 6.54 Å². The molecule has 1 aromatic carbocycles. The lowest BCUT2D eigenvalue weighted by Gasteiger charge is -2.16. The van der Waals surface area contributed by atoms with Crippen molar-refractivity contribution in [3.8, 4) is 0 Å². The summed E-state index contributed by atoms with van der Waals surface area (Å²) in [4.78, 5) is 16.7. The number of carbonyl (C=O) groups excluding carboxylic acids is 1. The third-order valence-corrected chi connectivity index (χ3v) is 3.08. The highest BCUT2D eigenvalue weighted by molar-refractivity contribution is 5.86. The van der Waals surface area contributed by atoms with Crippen molar-refractivity contribution in [3.63, 3.8) is 0 Å². The van der Waals surface area contributed by atoms with Gasteiger partial charge in [-0.15, -0.1) is 6.58 Å². The van der Waals surface area contributed by atoms with Crippen LogP contribution >= 0.6 is 0 Å². The Kier molecular flexibility index (Phi) is 4.66. The molecule has 3 nitrogen and oxygen atoms in total. The fourth-order valence-corrected chi connectivity index (χ4v) is 2.04. The van der Waals surface area contributed by atoms with Crippen LogP contribution < -0.4 is 5.32 Å². The van der Waals surface area contributed by atoms with E-state index in [9.17, 15) is 4.79 Å². The minimum atomic E-state index is -0.392. The summed E-state index contributed by atoms with van der Waals surface area (Å²) in [7, 11) is 0. The average molecular weight is 266 g/mol. The van der Waals surface area contributed by atoms with Crippen molar-refractivity contribution in [2.45, 2.75) is 12.8 Å². The molecule has 0 saturated heterocycles. The van der Waals surface area contributed by atoms with Gasteiger partial charge in [0.25, 0.3) is 0 Å². The second-order valence-electron chi connectivity index (χ2n) is 4.63. The number of aromatic nitrogens is 1. The van der Waals surface area contributed by atoms with Gasteiger partial charge in [0.05, 0.1) is 5.69 Å². The van der Waals surface area contributed by atoms with Crippen LogP contribution in [0.4, 0.5) is 0 Å². The molecule has 0 saturated carbocycles. The molecule has 1 atom stereocenters. The first-order valence-corrected chi connectivity index (χ1v) is 6.58. The normalized spacial score (nSPS) is 11.7. The molecule has 3 heteroatoms. The average Bonchev–Trinajstić information content (AvgIpc) is 2.48. The summed E-state index contributed by atoms with van der Waals surface area (Å²) in [6.45, 7) is 6.10. The summed E-state index contributed by atoms with van der Waals surface area (Å²) in [6.07, 6.45) is 3.37. The Balaban J connectivity index is 2.36. The molecule has 0 aliphatic carbocycles. The predicted octanol–water partition coefficient (Wildman–Crippen LogP) is 2.82. The van der Waals surface area contributed by atoms with Gasteiger partial charge in [0.1, 0.15) is 5.92 Å². The van der Waals surface area contributed by atoms with Crippen LogP contribution in [-0.2, 0) is 4.79 Å². The van der Waals surface area contributed by atoms with Gasteiger partial charge in [0, 0.05) is 12.7 Å². The van der Waals surface area contributed by atoms with E-state index in [1.54, 1.807) is 12.3 Å². The number of carbonyl (C=O) groups is 1. The van der Waals surface area contributed by atoms with Crippen molar-refractivity contribution in [2.24, 2.45) is 0 Å². The molecule has 0 spiro atoms. The molecule has 0 radical (unpaired) electrons. The highest BCUT2D eigenvalue weighted by Gasteiger charge is 2.23. The van der Waals surface area contributed by atoms with Crippen LogP contribution in [0, 0.1) is 6.92 Å². The van der Waals surface area contributed by atoms with Gasteiger partial charge in [0.15, 0.2) is 0 Å². The van der Waals surface area contributed by atoms with Gasteiger partial charge in [-0.25, -0.2) is 0 Å². The van der Waals surface area contributed by atoms with Crippen LogP contribution in [0.25, 0.3) is 0 Å². The van der Waals surface area contributed by atoms with Gasteiger partial charge in [-0.2, -0.15) is 0 Å². The van der Waals surface area contributed by atoms with Gasteiger partial charge in [-0.3, -0.25) is 9.78 Å². The standard InChI is InChI=1S/C17H18N2O/c1-3-11-19-17(20)16(15-6-4-5-12-18-15)14-9-7-13(2)8-10-14/h3-10,12,16H,1,11H2,2H3,(H,19,20). The lowest BCUT2D eigenvalue weighted by atomic mass is 9.93. The van der Waals surface area contributed by atoms with Crippen molar-refractivity contribution < 1.29 is 4.79 Å². The summed E-state index contributed by atoms with van der Waals surface area (Å²) in [5.41, 5.74) is 2.86. The Bertz CT molecular complexity index is 576. The number of amides is 1. The highest BCUT2D eigenvalue weighted by atomic mass is 16.1. The second-order valence-corrected chi connectivity index (χ2v) is 4.63. The lowest BCUT2D eigenvalue weighted by Crippen LogP contribution is -2.30. The molecule has 2 rings (SSSR count). The van der Waals surface area contributed by atoms with Crippen LogP contribution in [0.3, 0.4) is 0 Å². The fraction of sp³-hybridized carbons (Fsp3) is 0.176. The minimum Gasteiger partial charge on any atom is -0.352 e. The van der Waals surface area contributed by atoms with E-state index in [0.29, 0.717) is 6.54 Å². The molecule has 0 fully saturated rings. The number of pyridine rings is 1. The molecule has 0 aliphatic rings. The van der Waals surface area contributed by atoms with E-state index >= 15 is 0 Å². The molecule has 20 heavy (non-hydrogen) atoms. The fourth-order valence-electron chi connectivity index (χ4n) is 2.04. The maximum atomic E-state index is 12.4. The number of nitrogens with zero attached hydrogens (tertiary/aromatic N) is 1. The summed E-state index contributed by atoms with van der Waals surface area (Å²) in [5.74, 6) is -0.454. The first-order valence-electron chi connectivity index (χ1n) is 6.58. The summed E-state index contributed by atoms with van der Waals surface area (Å²) < 4.78 is 0. The van der Waals surface area contributed by atoms with E-state index in [0.717, 1.165) is 11.3 Å². The van der Waals surface area contributed by atoms with Crippen LogP contribution in [0.5, 0.6) is 0 Å². The zero-order chi connectivity index (χ0) is 14.4. The molecule has 102 valence electrons. The topological polar surface area (TPSA) is 42.0 Å². The monoisotopic (exact) mass is 266 g/mol. The summed E-state index contributed by atoms with van der Waals surface area (Å²) in [6, 6.07) is 13.6. The van der Waals surface area contributed by atoms with Crippen molar-refractivity contribution in [1.29, 1.82) is 0 Å². The van der Waals surface area contributed by atoms with E-state index in [1.807, 2.05) is 49.4 Å². The van der Waals surface area contributed by atoms with Gasteiger partial charge < -0.3 is 5.32 Å².